The number of carbonyl (C=O) groups excluding carboxylic acids is 1. The molecule has 8 heteroatoms. The van der Waals surface area contributed by atoms with Gasteiger partial charge in [0, 0.05) is 32.7 Å². The third kappa shape index (κ3) is 11.1. The number of nitrogens with one attached hydrogen (secondary N) is 3. The van der Waals surface area contributed by atoms with Crippen molar-refractivity contribution < 1.29 is 9.53 Å². The van der Waals surface area contributed by atoms with Crippen LogP contribution >= 0.6 is 24.0 Å². The summed E-state index contributed by atoms with van der Waals surface area (Å²) in [6, 6.07) is 0.589. The normalized spacial score (nSPS) is 18.7. The maximum absolute atomic E-state index is 11.6. The van der Waals surface area contributed by atoms with Crippen LogP contribution in [0.1, 0.15) is 53.4 Å². The Hall–Kier alpha value is -0.770. The lowest BCUT2D eigenvalue weighted by Gasteiger charge is -2.35. The van der Waals surface area contributed by atoms with Gasteiger partial charge >= 0.3 is 6.09 Å². The molecule has 3 N–H and O–H groups in total. The minimum absolute atomic E-state index is 0. The van der Waals surface area contributed by atoms with E-state index in [2.05, 4.69) is 32.8 Å². The zero-order chi connectivity index (χ0) is 18.7. The standard InChI is InChI=1S/C18H37N5O2.HI/c1-6-23-13-8-7-10-15(23)14-22-16(19-5)20-11-9-12-21-17(24)25-18(2,3)4;/h15H,6-14H2,1-5H3,(H,21,24)(H2,19,20,22);1H. The molecule has 154 valence electrons. The molecule has 1 atom stereocenters. The van der Waals surface area contributed by atoms with Crippen molar-refractivity contribution in [2.24, 2.45) is 4.99 Å². The number of amides is 1. The predicted octanol–water partition coefficient (Wildman–Crippen LogP) is 2.56. The van der Waals surface area contributed by atoms with E-state index in [1.807, 2.05) is 20.8 Å². The lowest BCUT2D eigenvalue weighted by molar-refractivity contribution is 0.0527. The summed E-state index contributed by atoms with van der Waals surface area (Å²) in [7, 11) is 1.78. The number of ether oxygens (including phenoxy) is 1. The molecular formula is C18H38IN5O2. The van der Waals surface area contributed by atoms with E-state index in [1.165, 1.54) is 25.8 Å². The Kier molecular flexibility index (Phi) is 13.0. The van der Waals surface area contributed by atoms with Crippen molar-refractivity contribution in [3.05, 3.63) is 0 Å². The molecule has 0 aromatic rings. The molecule has 1 saturated heterocycles. The number of aliphatic imine (C=N–C) groups is 1. The van der Waals surface area contributed by atoms with Crippen LogP contribution in [-0.4, -0.2) is 68.4 Å². The van der Waals surface area contributed by atoms with E-state index in [0.717, 1.165) is 32.0 Å². The molecule has 7 nitrogen and oxygen atoms in total. The van der Waals surface area contributed by atoms with E-state index in [9.17, 15) is 4.79 Å². The van der Waals surface area contributed by atoms with Gasteiger partial charge in [-0.2, -0.15) is 0 Å². The van der Waals surface area contributed by atoms with Gasteiger partial charge in [-0.15, -0.1) is 24.0 Å². The van der Waals surface area contributed by atoms with Crippen LogP contribution in [0.15, 0.2) is 4.99 Å². The number of nitrogens with zero attached hydrogens (tertiary/aromatic N) is 2. The topological polar surface area (TPSA) is 78.0 Å². The molecule has 0 spiro atoms. The van der Waals surface area contributed by atoms with Crippen molar-refractivity contribution in [2.75, 3.05) is 39.8 Å². The Morgan fingerprint density at radius 3 is 2.50 bits per heavy atom. The number of likely N-dealkylation sites (tertiary alicyclic amines) is 1. The third-order valence-electron chi connectivity index (χ3n) is 4.20. The average molecular weight is 483 g/mol. The van der Waals surface area contributed by atoms with Crippen LogP contribution in [0.2, 0.25) is 0 Å². The highest BCUT2D eigenvalue weighted by atomic mass is 127. The summed E-state index contributed by atoms with van der Waals surface area (Å²) in [5.74, 6) is 0.818. The molecule has 0 aromatic carbocycles. The van der Waals surface area contributed by atoms with E-state index >= 15 is 0 Å². The van der Waals surface area contributed by atoms with Gasteiger partial charge in [0.2, 0.25) is 0 Å². The molecule has 0 radical (unpaired) electrons. The molecule has 1 aliphatic heterocycles. The van der Waals surface area contributed by atoms with Crippen LogP contribution in [0.25, 0.3) is 0 Å². The molecule has 26 heavy (non-hydrogen) atoms. The van der Waals surface area contributed by atoms with Crippen LogP contribution in [0.3, 0.4) is 0 Å². The highest BCUT2D eigenvalue weighted by Crippen LogP contribution is 2.15. The molecule has 0 aromatic heterocycles. The van der Waals surface area contributed by atoms with Crippen molar-refractivity contribution in [1.82, 2.24) is 20.9 Å². The first-order valence-corrected chi connectivity index (χ1v) is 9.51. The van der Waals surface area contributed by atoms with E-state index in [0.29, 0.717) is 12.6 Å². The first-order valence-electron chi connectivity index (χ1n) is 9.51. The smallest absolute Gasteiger partial charge is 0.407 e. The minimum Gasteiger partial charge on any atom is -0.444 e. The maximum Gasteiger partial charge on any atom is 0.407 e. The Balaban J connectivity index is 0.00000625. The van der Waals surface area contributed by atoms with E-state index < -0.39 is 5.60 Å². The molecule has 1 unspecified atom stereocenters. The predicted molar refractivity (Wildman–Crippen MR) is 119 cm³/mol. The number of likely N-dealkylation sites (N-methyl/N-ethyl adjacent to an activating group) is 1. The largest absolute Gasteiger partial charge is 0.444 e. The first kappa shape index (κ1) is 25.2. The summed E-state index contributed by atoms with van der Waals surface area (Å²) < 4.78 is 5.20. The van der Waals surface area contributed by atoms with Crippen LogP contribution in [0.5, 0.6) is 0 Å². The fourth-order valence-electron chi connectivity index (χ4n) is 2.94. The maximum atomic E-state index is 11.6. The molecule has 1 aliphatic rings. The van der Waals surface area contributed by atoms with Crippen LogP contribution in [0, 0.1) is 0 Å². The highest BCUT2D eigenvalue weighted by Gasteiger charge is 2.20. The van der Waals surface area contributed by atoms with Crippen molar-refractivity contribution in [2.45, 2.75) is 65.0 Å². The van der Waals surface area contributed by atoms with Gasteiger partial charge in [-0.05, 0) is 53.1 Å². The monoisotopic (exact) mass is 483 g/mol. The summed E-state index contributed by atoms with van der Waals surface area (Å²) in [5, 5.41) is 9.47. The van der Waals surface area contributed by atoms with Gasteiger partial charge in [0.15, 0.2) is 5.96 Å². The molecule has 1 heterocycles. The van der Waals surface area contributed by atoms with E-state index in [1.54, 1.807) is 7.05 Å². The number of hydrogen-bond donors (Lipinski definition) is 3. The molecular weight excluding hydrogens is 445 g/mol. The zero-order valence-corrected chi connectivity index (χ0v) is 19.4. The summed E-state index contributed by atoms with van der Waals surface area (Å²) in [6.07, 6.45) is 4.31. The molecule has 0 bridgehead atoms. The van der Waals surface area contributed by atoms with E-state index in [4.69, 9.17) is 4.74 Å². The summed E-state index contributed by atoms with van der Waals surface area (Å²) in [5.41, 5.74) is -0.459. The van der Waals surface area contributed by atoms with Crippen molar-refractivity contribution in [3.63, 3.8) is 0 Å². The molecule has 0 saturated carbocycles. The summed E-state index contributed by atoms with van der Waals surface area (Å²) in [6.45, 7) is 12.3. The molecule has 1 fully saturated rings. The number of guanidine groups is 1. The van der Waals surface area contributed by atoms with E-state index in [-0.39, 0.29) is 30.1 Å². The average Bonchev–Trinajstić information content (AvgIpc) is 2.56. The van der Waals surface area contributed by atoms with Gasteiger partial charge in [-0.25, -0.2) is 4.79 Å². The second-order valence-corrected chi connectivity index (χ2v) is 7.44. The zero-order valence-electron chi connectivity index (χ0n) is 17.1. The van der Waals surface area contributed by atoms with Gasteiger partial charge in [0.25, 0.3) is 0 Å². The van der Waals surface area contributed by atoms with Crippen molar-refractivity contribution in [1.29, 1.82) is 0 Å². The van der Waals surface area contributed by atoms with Gasteiger partial charge in [0.1, 0.15) is 5.60 Å². The van der Waals surface area contributed by atoms with Crippen LogP contribution < -0.4 is 16.0 Å². The second-order valence-electron chi connectivity index (χ2n) is 7.44. The molecule has 1 amide bonds. The quantitative estimate of drug-likeness (QED) is 0.225. The molecule has 0 aliphatic carbocycles. The number of alkyl carbamates (subject to hydrolysis) is 1. The Morgan fingerprint density at radius 2 is 1.88 bits per heavy atom. The highest BCUT2D eigenvalue weighted by molar-refractivity contribution is 14.0. The fourth-order valence-corrected chi connectivity index (χ4v) is 2.94. The van der Waals surface area contributed by atoms with Crippen molar-refractivity contribution in [3.8, 4) is 0 Å². The number of carbonyl (C=O) groups is 1. The lowest BCUT2D eigenvalue weighted by atomic mass is 10.0. The third-order valence-corrected chi connectivity index (χ3v) is 4.20. The van der Waals surface area contributed by atoms with Crippen molar-refractivity contribution >= 4 is 36.0 Å². The van der Waals surface area contributed by atoms with Crippen LogP contribution in [0.4, 0.5) is 4.79 Å². The summed E-state index contributed by atoms with van der Waals surface area (Å²) in [4.78, 5) is 18.4. The number of piperidine rings is 1. The Morgan fingerprint density at radius 1 is 1.19 bits per heavy atom. The van der Waals surface area contributed by atoms with Crippen LogP contribution in [-0.2, 0) is 4.74 Å². The van der Waals surface area contributed by atoms with Gasteiger partial charge in [-0.3, -0.25) is 9.89 Å². The fraction of sp³-hybridized carbons (Fsp3) is 0.889. The Labute approximate surface area is 176 Å². The number of halogens is 1. The molecule has 1 rings (SSSR count). The lowest BCUT2D eigenvalue weighted by Crippen LogP contribution is -2.49. The Bertz CT molecular complexity index is 426. The number of hydrogen-bond acceptors (Lipinski definition) is 4. The minimum atomic E-state index is -0.459. The first-order chi connectivity index (χ1) is 11.9. The SMILES string of the molecule is CCN1CCCCC1CNC(=NC)NCCCNC(=O)OC(C)(C)C.I. The second kappa shape index (κ2) is 13.4. The van der Waals surface area contributed by atoms with Gasteiger partial charge in [-0.1, -0.05) is 13.3 Å². The number of rotatable bonds is 7. The van der Waals surface area contributed by atoms with Gasteiger partial charge in [0.05, 0.1) is 0 Å². The van der Waals surface area contributed by atoms with Gasteiger partial charge < -0.3 is 20.7 Å². The summed E-state index contributed by atoms with van der Waals surface area (Å²) >= 11 is 0.